The average molecular weight is 351 g/mol. The highest BCUT2D eigenvalue weighted by Crippen LogP contribution is 2.37. The van der Waals surface area contributed by atoms with Crippen LogP contribution in [0.25, 0.3) is 22.6 Å². The molecule has 0 unspecified atom stereocenters. The Balaban J connectivity index is 2.18. The van der Waals surface area contributed by atoms with Crippen molar-refractivity contribution in [3.05, 3.63) is 52.1 Å². The molecule has 0 bridgehead atoms. The molecule has 0 spiro atoms. The Morgan fingerprint density at radius 2 is 2.05 bits per heavy atom. The minimum absolute atomic E-state index is 0.303. The molecule has 6 heteroatoms. The molecule has 0 radical (unpaired) electrons. The smallest absolute Gasteiger partial charge is 0.178 e. The zero-order chi connectivity index (χ0) is 14.1. The molecule has 0 aliphatic rings. The van der Waals surface area contributed by atoms with Gasteiger partial charge in [-0.3, -0.25) is 4.98 Å². The van der Waals surface area contributed by atoms with Gasteiger partial charge in [0.15, 0.2) is 11.6 Å². The van der Waals surface area contributed by atoms with Crippen LogP contribution in [0.4, 0.5) is 5.82 Å². The summed E-state index contributed by atoms with van der Waals surface area (Å²) in [6.45, 7) is 0. The first-order valence-electron chi connectivity index (χ1n) is 5.79. The van der Waals surface area contributed by atoms with Crippen LogP contribution in [-0.4, -0.2) is 10.1 Å². The number of pyridine rings is 1. The van der Waals surface area contributed by atoms with Gasteiger partial charge in [0.05, 0.1) is 16.3 Å². The number of nitrogen functional groups attached to an aromatic ring is 1. The van der Waals surface area contributed by atoms with E-state index < -0.39 is 0 Å². The second-order valence-electron chi connectivity index (χ2n) is 4.12. The third-order valence-electron chi connectivity index (χ3n) is 2.82. The molecule has 0 aliphatic heterocycles. The van der Waals surface area contributed by atoms with Gasteiger partial charge in [-0.05, 0) is 46.3 Å². The molecular formula is C14H9BrClN3O. The van der Waals surface area contributed by atoms with Gasteiger partial charge in [-0.15, -0.1) is 0 Å². The van der Waals surface area contributed by atoms with Crippen LogP contribution in [-0.2, 0) is 0 Å². The molecule has 2 heterocycles. The summed E-state index contributed by atoms with van der Waals surface area (Å²) in [5, 5.41) is 4.42. The summed E-state index contributed by atoms with van der Waals surface area (Å²) in [7, 11) is 0. The summed E-state index contributed by atoms with van der Waals surface area (Å²) < 4.78 is 6.16. The number of halogens is 2. The number of nitrogens with two attached hydrogens (primary N) is 1. The molecule has 0 saturated carbocycles. The summed E-state index contributed by atoms with van der Waals surface area (Å²) >= 11 is 9.47. The molecule has 20 heavy (non-hydrogen) atoms. The van der Waals surface area contributed by atoms with Crippen LogP contribution in [0.3, 0.4) is 0 Å². The van der Waals surface area contributed by atoms with E-state index in [2.05, 4.69) is 26.1 Å². The van der Waals surface area contributed by atoms with Crippen LogP contribution >= 0.6 is 27.5 Å². The minimum atomic E-state index is 0.303. The largest absolute Gasteiger partial charge is 0.380 e. The van der Waals surface area contributed by atoms with Gasteiger partial charge in [-0.25, -0.2) is 0 Å². The molecular weight excluding hydrogens is 342 g/mol. The monoisotopic (exact) mass is 349 g/mol. The van der Waals surface area contributed by atoms with Gasteiger partial charge in [0.2, 0.25) is 0 Å². The van der Waals surface area contributed by atoms with Crippen LogP contribution in [0, 0.1) is 0 Å². The Kier molecular flexibility index (Phi) is 3.46. The third-order valence-corrected chi connectivity index (χ3v) is 4.05. The molecule has 3 aromatic rings. The maximum absolute atomic E-state index is 6.11. The number of anilines is 1. The Labute approximate surface area is 128 Å². The van der Waals surface area contributed by atoms with Crippen LogP contribution in [0.1, 0.15) is 0 Å². The van der Waals surface area contributed by atoms with E-state index in [9.17, 15) is 0 Å². The van der Waals surface area contributed by atoms with Gasteiger partial charge in [0.25, 0.3) is 0 Å². The fraction of sp³-hybridized carbons (Fsp3) is 0. The number of hydrogen-bond donors (Lipinski definition) is 1. The lowest BCUT2D eigenvalue weighted by molar-refractivity contribution is 0.436. The maximum atomic E-state index is 6.11. The van der Waals surface area contributed by atoms with E-state index in [1.54, 1.807) is 12.3 Å². The van der Waals surface area contributed by atoms with Crippen LogP contribution < -0.4 is 5.73 Å². The molecule has 0 fully saturated rings. The minimum Gasteiger partial charge on any atom is -0.380 e. The first-order chi connectivity index (χ1) is 9.66. The van der Waals surface area contributed by atoms with Crippen LogP contribution in [0.2, 0.25) is 5.02 Å². The summed E-state index contributed by atoms with van der Waals surface area (Å²) in [6.07, 6.45) is 1.69. The Bertz CT molecular complexity index is 758. The van der Waals surface area contributed by atoms with E-state index in [0.717, 1.165) is 10.0 Å². The summed E-state index contributed by atoms with van der Waals surface area (Å²) in [5.41, 5.74) is 8.07. The first kappa shape index (κ1) is 13.1. The highest BCUT2D eigenvalue weighted by Gasteiger charge is 2.19. The molecule has 0 saturated heterocycles. The molecule has 2 aromatic heterocycles. The van der Waals surface area contributed by atoms with Crippen molar-refractivity contribution in [2.75, 3.05) is 5.73 Å². The second kappa shape index (κ2) is 5.26. The van der Waals surface area contributed by atoms with Gasteiger partial charge >= 0.3 is 0 Å². The molecule has 0 aliphatic carbocycles. The standard InChI is InChI=1S/C14H9BrClN3O/c15-9-5-4-8(7-10(9)16)13-12(14(17)19-20-13)11-3-1-2-6-18-11/h1-7H,(H2,17,19). The SMILES string of the molecule is Nc1noc(-c2ccc(Br)c(Cl)c2)c1-c1ccccn1. The number of benzene rings is 1. The molecule has 0 amide bonds. The Morgan fingerprint density at radius 3 is 2.75 bits per heavy atom. The van der Waals surface area contributed by atoms with Crippen LogP contribution in [0.5, 0.6) is 0 Å². The van der Waals surface area contributed by atoms with Crippen molar-refractivity contribution < 1.29 is 4.52 Å². The molecule has 1 aromatic carbocycles. The summed E-state index contributed by atoms with van der Waals surface area (Å²) in [5.74, 6) is 0.855. The molecule has 4 nitrogen and oxygen atoms in total. The van der Waals surface area contributed by atoms with Gasteiger partial charge in [-0.2, -0.15) is 0 Å². The summed E-state index contributed by atoms with van der Waals surface area (Å²) in [4.78, 5) is 4.29. The lowest BCUT2D eigenvalue weighted by Crippen LogP contribution is -1.90. The topological polar surface area (TPSA) is 64.9 Å². The number of nitrogens with zero attached hydrogens (tertiary/aromatic N) is 2. The van der Waals surface area contributed by atoms with E-state index in [1.165, 1.54) is 0 Å². The van der Waals surface area contributed by atoms with Crippen molar-refractivity contribution in [3.8, 4) is 22.6 Å². The molecule has 0 atom stereocenters. The fourth-order valence-corrected chi connectivity index (χ4v) is 2.32. The van der Waals surface area contributed by atoms with Crippen molar-refractivity contribution in [3.63, 3.8) is 0 Å². The van der Waals surface area contributed by atoms with Crippen molar-refractivity contribution in [2.24, 2.45) is 0 Å². The van der Waals surface area contributed by atoms with Crippen molar-refractivity contribution >= 4 is 33.3 Å². The fourth-order valence-electron chi connectivity index (χ4n) is 1.90. The number of aromatic nitrogens is 2. The maximum Gasteiger partial charge on any atom is 0.178 e. The van der Waals surface area contributed by atoms with Crippen molar-refractivity contribution in [1.29, 1.82) is 0 Å². The van der Waals surface area contributed by atoms with E-state index in [1.807, 2.05) is 30.3 Å². The van der Waals surface area contributed by atoms with Gasteiger partial charge in [0, 0.05) is 16.2 Å². The first-order valence-corrected chi connectivity index (χ1v) is 6.96. The van der Waals surface area contributed by atoms with Crippen molar-refractivity contribution in [1.82, 2.24) is 10.1 Å². The van der Waals surface area contributed by atoms with E-state index in [-0.39, 0.29) is 0 Å². The second-order valence-corrected chi connectivity index (χ2v) is 5.38. The number of hydrogen-bond acceptors (Lipinski definition) is 4. The lowest BCUT2D eigenvalue weighted by atomic mass is 10.1. The van der Waals surface area contributed by atoms with E-state index in [4.69, 9.17) is 21.9 Å². The highest BCUT2D eigenvalue weighted by atomic mass is 79.9. The van der Waals surface area contributed by atoms with Gasteiger partial charge in [0.1, 0.15) is 0 Å². The predicted octanol–water partition coefficient (Wildman–Crippen LogP) is 4.40. The van der Waals surface area contributed by atoms with E-state index >= 15 is 0 Å². The highest BCUT2D eigenvalue weighted by molar-refractivity contribution is 9.10. The normalized spacial score (nSPS) is 10.7. The van der Waals surface area contributed by atoms with Gasteiger partial charge in [-0.1, -0.05) is 22.8 Å². The quantitative estimate of drug-likeness (QED) is 0.744. The Hall–Kier alpha value is -1.85. The third kappa shape index (κ3) is 2.30. The van der Waals surface area contributed by atoms with Crippen molar-refractivity contribution in [2.45, 2.75) is 0 Å². The predicted molar refractivity (Wildman–Crippen MR) is 82.3 cm³/mol. The number of rotatable bonds is 2. The van der Waals surface area contributed by atoms with E-state index in [0.29, 0.717) is 27.9 Å². The van der Waals surface area contributed by atoms with Gasteiger partial charge < -0.3 is 10.3 Å². The lowest BCUT2D eigenvalue weighted by Gasteiger charge is -2.03. The zero-order valence-electron chi connectivity index (χ0n) is 10.2. The Morgan fingerprint density at radius 1 is 1.20 bits per heavy atom. The zero-order valence-corrected chi connectivity index (χ0v) is 12.5. The van der Waals surface area contributed by atoms with Crippen LogP contribution in [0.15, 0.2) is 51.6 Å². The average Bonchev–Trinajstić information content (AvgIpc) is 2.85. The molecule has 2 N–H and O–H groups in total. The molecule has 100 valence electrons. The summed E-state index contributed by atoms with van der Waals surface area (Å²) in [6, 6.07) is 11.1. The molecule has 3 rings (SSSR count).